The second kappa shape index (κ2) is 9.05. The number of nitrogens with one attached hydrogen (secondary N) is 2. The third-order valence-electron chi connectivity index (χ3n) is 5.55. The van der Waals surface area contributed by atoms with Crippen molar-refractivity contribution in [2.75, 3.05) is 6.54 Å². The van der Waals surface area contributed by atoms with Crippen LogP contribution in [0.15, 0.2) is 78.1 Å². The van der Waals surface area contributed by atoms with Crippen molar-refractivity contribution < 1.29 is 0 Å². The Morgan fingerprint density at radius 2 is 2.04 bits per heavy atom. The second-order valence-electron chi connectivity index (χ2n) is 7.44. The normalized spacial score (nSPS) is 24.9. The van der Waals surface area contributed by atoms with Gasteiger partial charge in [0.15, 0.2) is 0 Å². The van der Waals surface area contributed by atoms with E-state index in [2.05, 4.69) is 85.8 Å². The number of unbranched alkanes of at least 4 members (excludes halogenated alkanes) is 1. The van der Waals surface area contributed by atoms with Gasteiger partial charge < -0.3 is 5.32 Å². The van der Waals surface area contributed by atoms with Crippen LogP contribution in [-0.2, 0) is 0 Å². The highest BCUT2D eigenvalue weighted by atomic mass is 15.1. The van der Waals surface area contributed by atoms with Gasteiger partial charge in [0.25, 0.3) is 0 Å². The first-order valence-electron chi connectivity index (χ1n) is 10.00. The maximum atomic E-state index is 4.46. The van der Waals surface area contributed by atoms with Crippen molar-refractivity contribution in [2.24, 2.45) is 5.92 Å². The Balaban J connectivity index is 1.77. The van der Waals surface area contributed by atoms with E-state index >= 15 is 0 Å². The summed E-state index contributed by atoms with van der Waals surface area (Å²) in [6.45, 7) is 9.92. The maximum Gasteiger partial charge on any atom is 0.0734 e. The molecule has 2 nitrogen and oxygen atoms in total. The Labute approximate surface area is 158 Å². The molecule has 3 rings (SSSR count). The van der Waals surface area contributed by atoms with Gasteiger partial charge in [0.1, 0.15) is 0 Å². The molecule has 26 heavy (non-hydrogen) atoms. The molecule has 2 N–H and O–H groups in total. The van der Waals surface area contributed by atoms with E-state index in [4.69, 9.17) is 0 Å². The molecule has 0 heterocycles. The van der Waals surface area contributed by atoms with Crippen molar-refractivity contribution in [3.63, 3.8) is 0 Å². The zero-order chi connectivity index (χ0) is 18.4. The van der Waals surface area contributed by atoms with Gasteiger partial charge in [0.2, 0.25) is 0 Å². The first kappa shape index (κ1) is 18.7. The summed E-state index contributed by atoms with van der Waals surface area (Å²) in [7, 11) is 0. The second-order valence-corrected chi connectivity index (χ2v) is 7.44. The molecule has 138 valence electrons. The minimum absolute atomic E-state index is 0.278. The van der Waals surface area contributed by atoms with Crippen molar-refractivity contribution >= 4 is 0 Å². The van der Waals surface area contributed by atoms with Gasteiger partial charge in [-0.25, -0.2) is 0 Å². The van der Waals surface area contributed by atoms with E-state index in [9.17, 15) is 0 Å². The van der Waals surface area contributed by atoms with Crippen LogP contribution >= 0.6 is 0 Å². The summed E-state index contributed by atoms with van der Waals surface area (Å²) in [6.07, 6.45) is 13.8. The molecule has 0 aromatic heterocycles. The lowest BCUT2D eigenvalue weighted by molar-refractivity contribution is 0.492. The quantitative estimate of drug-likeness (QED) is 0.506. The van der Waals surface area contributed by atoms with E-state index in [-0.39, 0.29) is 6.17 Å². The predicted octanol–water partition coefficient (Wildman–Crippen LogP) is 5.44. The van der Waals surface area contributed by atoms with Crippen LogP contribution in [0.4, 0.5) is 0 Å². The lowest BCUT2D eigenvalue weighted by Gasteiger charge is -2.37. The zero-order valence-corrected chi connectivity index (χ0v) is 16.2. The minimum atomic E-state index is 0.278. The smallest absolute Gasteiger partial charge is 0.0734 e. The first-order chi connectivity index (χ1) is 12.7. The molecular formula is C24H32N2. The van der Waals surface area contributed by atoms with Crippen LogP contribution in [-0.4, -0.2) is 12.7 Å². The van der Waals surface area contributed by atoms with Crippen LogP contribution in [0.5, 0.6) is 0 Å². The molecule has 3 atom stereocenters. The molecule has 0 bridgehead atoms. The van der Waals surface area contributed by atoms with Crippen LogP contribution in [0.3, 0.4) is 0 Å². The summed E-state index contributed by atoms with van der Waals surface area (Å²) in [5, 5.41) is 7.07. The van der Waals surface area contributed by atoms with Crippen LogP contribution in [0.1, 0.15) is 51.0 Å². The molecule has 2 heteroatoms. The summed E-state index contributed by atoms with van der Waals surface area (Å²) in [5.74, 6) is 0.892. The summed E-state index contributed by atoms with van der Waals surface area (Å²) in [6, 6.07) is 10.9. The summed E-state index contributed by atoms with van der Waals surface area (Å²) in [4.78, 5) is 0. The summed E-state index contributed by atoms with van der Waals surface area (Å²) in [5.41, 5.74) is 5.57. The maximum absolute atomic E-state index is 4.46. The van der Waals surface area contributed by atoms with Gasteiger partial charge in [-0.05, 0) is 49.4 Å². The van der Waals surface area contributed by atoms with Gasteiger partial charge in [0, 0.05) is 18.0 Å². The molecule has 0 radical (unpaired) electrons. The minimum Gasteiger partial charge on any atom is -0.376 e. The molecule has 0 aliphatic heterocycles. The van der Waals surface area contributed by atoms with Gasteiger partial charge >= 0.3 is 0 Å². The number of hydrogen-bond acceptors (Lipinski definition) is 2. The van der Waals surface area contributed by atoms with Gasteiger partial charge in [-0.2, -0.15) is 0 Å². The topological polar surface area (TPSA) is 24.1 Å². The van der Waals surface area contributed by atoms with Crippen molar-refractivity contribution in [3.8, 4) is 0 Å². The Morgan fingerprint density at radius 3 is 2.81 bits per heavy atom. The molecular weight excluding hydrogens is 316 g/mol. The number of rotatable bonds is 7. The molecule has 0 saturated heterocycles. The number of fused-ring (bicyclic) bond motifs is 1. The molecule has 3 unspecified atom stereocenters. The average molecular weight is 349 g/mol. The van der Waals surface area contributed by atoms with Gasteiger partial charge in [0.05, 0.1) is 6.17 Å². The molecule has 1 saturated carbocycles. The van der Waals surface area contributed by atoms with E-state index in [0.29, 0.717) is 11.8 Å². The number of allylic oxidation sites excluding steroid dienone is 6. The van der Waals surface area contributed by atoms with E-state index in [1.54, 1.807) is 0 Å². The monoisotopic (exact) mass is 348 g/mol. The first-order valence-corrected chi connectivity index (χ1v) is 10.00. The molecule has 1 aromatic rings. The summed E-state index contributed by atoms with van der Waals surface area (Å²) >= 11 is 0. The third kappa shape index (κ3) is 4.37. The fourth-order valence-electron chi connectivity index (χ4n) is 3.97. The Morgan fingerprint density at radius 1 is 1.23 bits per heavy atom. The van der Waals surface area contributed by atoms with Crippen molar-refractivity contribution in [1.29, 1.82) is 0 Å². The van der Waals surface area contributed by atoms with Crippen LogP contribution in [0.25, 0.3) is 0 Å². The van der Waals surface area contributed by atoms with Crippen molar-refractivity contribution in [3.05, 3.63) is 83.6 Å². The largest absolute Gasteiger partial charge is 0.376 e. The average Bonchev–Trinajstić information content (AvgIpc) is 2.68. The Kier molecular flexibility index (Phi) is 6.51. The van der Waals surface area contributed by atoms with Crippen LogP contribution in [0.2, 0.25) is 0 Å². The fourth-order valence-corrected chi connectivity index (χ4v) is 3.97. The predicted molar refractivity (Wildman–Crippen MR) is 112 cm³/mol. The van der Waals surface area contributed by atoms with Gasteiger partial charge in [-0.1, -0.05) is 74.1 Å². The molecule has 0 spiro atoms. The van der Waals surface area contributed by atoms with Crippen molar-refractivity contribution in [1.82, 2.24) is 10.6 Å². The fraction of sp³-hybridized carbons (Fsp3) is 0.417. The SMILES string of the molecule is C=C1/C(=C\NC(C)NCCCC)CC(c2ccccc2)C2=CC=CCC12. The lowest BCUT2D eigenvalue weighted by Crippen LogP contribution is -2.37. The van der Waals surface area contributed by atoms with E-state index < -0.39 is 0 Å². The molecule has 0 amide bonds. The van der Waals surface area contributed by atoms with Gasteiger partial charge in [-0.3, -0.25) is 5.32 Å². The van der Waals surface area contributed by atoms with Crippen LogP contribution in [0, 0.1) is 5.92 Å². The standard InChI is InChI=1S/C24H32N2/c1-4-5-15-25-19(3)26-17-21-16-24(20-11-7-6-8-12-20)23-14-10-9-13-22(23)18(21)2/h6-12,14,17,19,22,24-26H,2,4-5,13,15-16H2,1,3H3/b21-17-. The Bertz CT molecular complexity index is 696. The highest BCUT2D eigenvalue weighted by Crippen LogP contribution is 2.48. The third-order valence-corrected chi connectivity index (χ3v) is 5.55. The summed E-state index contributed by atoms with van der Waals surface area (Å²) < 4.78 is 0. The van der Waals surface area contributed by atoms with Gasteiger partial charge in [-0.15, -0.1) is 0 Å². The lowest BCUT2D eigenvalue weighted by atomic mass is 9.67. The molecule has 2 aliphatic rings. The Hall–Kier alpha value is -2.06. The zero-order valence-electron chi connectivity index (χ0n) is 16.2. The molecule has 2 aliphatic carbocycles. The van der Waals surface area contributed by atoms with E-state index in [0.717, 1.165) is 19.4 Å². The number of hydrogen-bond donors (Lipinski definition) is 2. The van der Waals surface area contributed by atoms with E-state index in [1.165, 1.54) is 35.1 Å². The molecule has 1 aromatic carbocycles. The molecule has 1 fully saturated rings. The van der Waals surface area contributed by atoms with Crippen LogP contribution < -0.4 is 10.6 Å². The van der Waals surface area contributed by atoms with Crippen molar-refractivity contribution in [2.45, 2.75) is 51.6 Å². The highest BCUT2D eigenvalue weighted by molar-refractivity contribution is 5.49. The van der Waals surface area contributed by atoms with E-state index in [1.807, 2.05) is 0 Å². The number of benzene rings is 1. The highest BCUT2D eigenvalue weighted by Gasteiger charge is 2.33.